The number of aryl methyl sites for hydroxylation is 1. The van der Waals surface area contributed by atoms with Gasteiger partial charge < -0.3 is 10.5 Å². The zero-order valence-electron chi connectivity index (χ0n) is 13.1. The standard InChI is InChI=1S/C14H26N4O2/c1-6-20-13(19)11-7-16-18(5)12(11)8-17(4)10-14(2,3)9-15/h7H,6,8-10,15H2,1-5H3. The van der Waals surface area contributed by atoms with Crippen molar-refractivity contribution in [3.8, 4) is 0 Å². The van der Waals surface area contributed by atoms with Crippen LogP contribution in [0.25, 0.3) is 0 Å². The lowest BCUT2D eigenvalue weighted by Crippen LogP contribution is -2.37. The quantitative estimate of drug-likeness (QED) is 0.756. The van der Waals surface area contributed by atoms with Crippen LogP contribution in [0.2, 0.25) is 0 Å². The molecular weight excluding hydrogens is 256 g/mol. The molecule has 0 fully saturated rings. The van der Waals surface area contributed by atoms with Crippen LogP contribution in [0, 0.1) is 5.41 Å². The van der Waals surface area contributed by atoms with E-state index in [2.05, 4.69) is 23.8 Å². The summed E-state index contributed by atoms with van der Waals surface area (Å²) in [4.78, 5) is 14.0. The second-order valence-corrected chi connectivity index (χ2v) is 5.89. The summed E-state index contributed by atoms with van der Waals surface area (Å²) in [6, 6.07) is 0. The normalized spacial score (nSPS) is 11.9. The summed E-state index contributed by atoms with van der Waals surface area (Å²) in [6.07, 6.45) is 1.56. The highest BCUT2D eigenvalue weighted by molar-refractivity contribution is 5.90. The summed E-state index contributed by atoms with van der Waals surface area (Å²) < 4.78 is 6.78. The van der Waals surface area contributed by atoms with Gasteiger partial charge in [-0.15, -0.1) is 0 Å². The molecule has 0 unspecified atom stereocenters. The van der Waals surface area contributed by atoms with Crippen LogP contribution in [-0.4, -0.2) is 47.4 Å². The molecular formula is C14H26N4O2. The highest BCUT2D eigenvalue weighted by Crippen LogP contribution is 2.17. The topological polar surface area (TPSA) is 73.4 Å². The molecule has 1 aromatic rings. The maximum atomic E-state index is 11.9. The third-order valence-electron chi connectivity index (χ3n) is 3.23. The van der Waals surface area contributed by atoms with E-state index in [1.807, 2.05) is 14.1 Å². The van der Waals surface area contributed by atoms with Gasteiger partial charge in [-0.25, -0.2) is 4.79 Å². The number of rotatable bonds is 7. The number of hydrogen-bond acceptors (Lipinski definition) is 5. The fraction of sp³-hybridized carbons (Fsp3) is 0.714. The van der Waals surface area contributed by atoms with E-state index in [1.165, 1.54) is 0 Å². The van der Waals surface area contributed by atoms with E-state index in [0.717, 1.165) is 12.2 Å². The van der Waals surface area contributed by atoms with Crippen molar-refractivity contribution in [3.63, 3.8) is 0 Å². The van der Waals surface area contributed by atoms with E-state index in [-0.39, 0.29) is 11.4 Å². The van der Waals surface area contributed by atoms with Gasteiger partial charge in [0.2, 0.25) is 0 Å². The molecule has 2 N–H and O–H groups in total. The zero-order chi connectivity index (χ0) is 15.3. The van der Waals surface area contributed by atoms with Crippen molar-refractivity contribution >= 4 is 5.97 Å². The maximum absolute atomic E-state index is 11.9. The molecule has 114 valence electrons. The molecule has 0 saturated heterocycles. The minimum absolute atomic E-state index is 0.0391. The first-order valence-electron chi connectivity index (χ1n) is 6.87. The molecule has 0 bridgehead atoms. The molecule has 0 radical (unpaired) electrons. The van der Waals surface area contributed by atoms with Gasteiger partial charge in [0.05, 0.1) is 18.5 Å². The Morgan fingerprint density at radius 3 is 2.75 bits per heavy atom. The van der Waals surface area contributed by atoms with Gasteiger partial charge in [-0.05, 0) is 25.9 Å². The van der Waals surface area contributed by atoms with E-state index in [0.29, 0.717) is 25.3 Å². The fourth-order valence-corrected chi connectivity index (χ4v) is 2.14. The summed E-state index contributed by atoms with van der Waals surface area (Å²) in [5, 5.41) is 4.15. The highest BCUT2D eigenvalue weighted by atomic mass is 16.5. The van der Waals surface area contributed by atoms with Gasteiger partial charge in [0.15, 0.2) is 0 Å². The van der Waals surface area contributed by atoms with Crippen molar-refractivity contribution in [3.05, 3.63) is 17.5 Å². The van der Waals surface area contributed by atoms with Crippen LogP contribution in [0.1, 0.15) is 36.8 Å². The number of hydrogen-bond donors (Lipinski definition) is 1. The van der Waals surface area contributed by atoms with Gasteiger partial charge in [0, 0.05) is 20.1 Å². The highest BCUT2D eigenvalue weighted by Gasteiger charge is 2.22. The van der Waals surface area contributed by atoms with Crippen molar-refractivity contribution < 1.29 is 9.53 Å². The van der Waals surface area contributed by atoms with Crippen LogP contribution in [0.5, 0.6) is 0 Å². The van der Waals surface area contributed by atoms with E-state index >= 15 is 0 Å². The first-order chi connectivity index (χ1) is 9.30. The molecule has 6 nitrogen and oxygen atoms in total. The second kappa shape index (κ2) is 6.85. The summed E-state index contributed by atoms with van der Waals surface area (Å²) in [6.45, 7) is 8.50. The lowest BCUT2D eigenvalue weighted by molar-refractivity contribution is 0.0523. The molecule has 1 aromatic heterocycles. The van der Waals surface area contributed by atoms with Crippen LogP contribution >= 0.6 is 0 Å². The maximum Gasteiger partial charge on any atom is 0.341 e. The van der Waals surface area contributed by atoms with Crippen molar-refractivity contribution in [2.75, 3.05) is 26.7 Å². The van der Waals surface area contributed by atoms with Gasteiger partial charge >= 0.3 is 5.97 Å². The molecule has 0 spiro atoms. The Morgan fingerprint density at radius 2 is 2.20 bits per heavy atom. The summed E-state index contributed by atoms with van der Waals surface area (Å²) in [7, 11) is 3.85. The predicted molar refractivity (Wildman–Crippen MR) is 78.3 cm³/mol. The Kier molecular flexibility index (Phi) is 5.71. The third kappa shape index (κ3) is 4.31. The lowest BCUT2D eigenvalue weighted by atomic mass is 9.93. The largest absolute Gasteiger partial charge is 0.462 e. The average molecular weight is 282 g/mol. The number of nitrogens with zero attached hydrogens (tertiary/aromatic N) is 3. The first kappa shape index (κ1) is 16.7. The SMILES string of the molecule is CCOC(=O)c1cnn(C)c1CN(C)CC(C)(C)CN. The van der Waals surface area contributed by atoms with Gasteiger partial charge in [0.25, 0.3) is 0 Å². The van der Waals surface area contributed by atoms with Crippen molar-refractivity contribution in [2.45, 2.75) is 27.3 Å². The van der Waals surface area contributed by atoms with E-state index < -0.39 is 0 Å². The predicted octanol–water partition coefficient (Wildman–Crippen LogP) is 1.01. The molecule has 1 heterocycles. The zero-order valence-corrected chi connectivity index (χ0v) is 13.1. The van der Waals surface area contributed by atoms with Gasteiger partial charge in [-0.3, -0.25) is 9.58 Å². The van der Waals surface area contributed by atoms with Gasteiger partial charge in [-0.2, -0.15) is 5.10 Å². The van der Waals surface area contributed by atoms with Crippen molar-refractivity contribution in [1.29, 1.82) is 0 Å². The van der Waals surface area contributed by atoms with Gasteiger partial charge in [-0.1, -0.05) is 13.8 Å². The second-order valence-electron chi connectivity index (χ2n) is 5.89. The fourth-order valence-electron chi connectivity index (χ4n) is 2.14. The van der Waals surface area contributed by atoms with Crippen LogP contribution in [-0.2, 0) is 18.3 Å². The number of carbonyl (C=O) groups excluding carboxylic acids is 1. The first-order valence-corrected chi connectivity index (χ1v) is 6.87. The van der Waals surface area contributed by atoms with E-state index in [1.54, 1.807) is 17.8 Å². The smallest absolute Gasteiger partial charge is 0.341 e. The Hall–Kier alpha value is -1.40. The molecule has 6 heteroatoms. The van der Waals surface area contributed by atoms with E-state index in [4.69, 9.17) is 10.5 Å². The van der Waals surface area contributed by atoms with Crippen LogP contribution in [0.3, 0.4) is 0 Å². The number of nitrogens with two attached hydrogens (primary N) is 1. The Balaban J connectivity index is 2.81. The van der Waals surface area contributed by atoms with Crippen LogP contribution in [0.15, 0.2) is 6.20 Å². The third-order valence-corrected chi connectivity index (χ3v) is 3.23. The molecule has 0 saturated carbocycles. The molecule has 0 amide bonds. The number of aromatic nitrogens is 2. The Labute approximate surface area is 120 Å². The summed E-state index contributed by atoms with van der Waals surface area (Å²) in [5.41, 5.74) is 7.19. The number of carbonyl (C=O) groups is 1. The van der Waals surface area contributed by atoms with Crippen LogP contribution < -0.4 is 5.73 Å². The molecule has 0 aliphatic heterocycles. The number of ether oxygens (including phenoxy) is 1. The Morgan fingerprint density at radius 1 is 1.55 bits per heavy atom. The van der Waals surface area contributed by atoms with Crippen LogP contribution in [0.4, 0.5) is 0 Å². The van der Waals surface area contributed by atoms with Gasteiger partial charge in [0.1, 0.15) is 5.56 Å². The lowest BCUT2D eigenvalue weighted by Gasteiger charge is -2.29. The molecule has 1 rings (SSSR count). The monoisotopic (exact) mass is 282 g/mol. The Bertz CT molecular complexity index is 454. The molecule has 0 atom stereocenters. The van der Waals surface area contributed by atoms with Crippen molar-refractivity contribution in [1.82, 2.24) is 14.7 Å². The van der Waals surface area contributed by atoms with Crippen molar-refractivity contribution in [2.24, 2.45) is 18.2 Å². The van der Waals surface area contributed by atoms with E-state index in [9.17, 15) is 4.79 Å². The number of esters is 1. The molecule has 20 heavy (non-hydrogen) atoms. The minimum Gasteiger partial charge on any atom is -0.462 e. The molecule has 0 aliphatic rings. The molecule has 0 aliphatic carbocycles. The average Bonchev–Trinajstić information content (AvgIpc) is 2.71. The molecule has 0 aromatic carbocycles. The summed E-state index contributed by atoms with van der Waals surface area (Å²) >= 11 is 0. The minimum atomic E-state index is -0.318. The summed E-state index contributed by atoms with van der Waals surface area (Å²) in [5.74, 6) is -0.318.